The minimum absolute atomic E-state index is 0.128. The van der Waals surface area contributed by atoms with Crippen molar-refractivity contribution in [3.8, 4) is 11.5 Å². The van der Waals surface area contributed by atoms with Gasteiger partial charge in [-0.1, -0.05) is 12.1 Å². The van der Waals surface area contributed by atoms with Gasteiger partial charge in [0.25, 0.3) is 5.91 Å². The Morgan fingerprint density at radius 1 is 1.27 bits per heavy atom. The van der Waals surface area contributed by atoms with Crippen molar-refractivity contribution in [1.82, 2.24) is 5.32 Å². The number of aliphatic hydroxyl groups is 1. The highest BCUT2D eigenvalue weighted by Crippen LogP contribution is 2.27. The number of hydrogen-bond donors (Lipinski definition) is 2. The number of methoxy groups -OCH3 is 1. The van der Waals surface area contributed by atoms with Gasteiger partial charge in [-0.15, -0.1) is 0 Å². The van der Waals surface area contributed by atoms with Crippen molar-refractivity contribution < 1.29 is 28.8 Å². The Hall–Kier alpha value is -1.83. The molecule has 3 rings (SSSR count). The molecule has 0 aliphatic carbocycles. The molecule has 0 saturated carbocycles. The molecule has 0 unspecified atom stereocenters. The molecule has 0 aromatic heterocycles. The fourth-order valence-electron chi connectivity index (χ4n) is 2.73. The number of amides is 1. The Morgan fingerprint density at radius 2 is 2.00 bits per heavy atom. The van der Waals surface area contributed by atoms with E-state index in [0.29, 0.717) is 18.1 Å². The first kappa shape index (κ1) is 15.1. The topological polar surface area (TPSA) is 86.3 Å². The van der Waals surface area contributed by atoms with Crippen molar-refractivity contribution in [2.75, 3.05) is 26.9 Å². The molecule has 4 atom stereocenters. The van der Waals surface area contributed by atoms with E-state index in [4.69, 9.17) is 18.9 Å². The predicted octanol–water partition coefficient (Wildman–Crippen LogP) is -0.283. The molecule has 0 spiro atoms. The highest BCUT2D eigenvalue weighted by molar-refractivity contribution is 5.78. The summed E-state index contributed by atoms with van der Waals surface area (Å²) in [6.07, 6.45) is -1.29. The molecule has 7 heteroatoms. The molecule has 7 nitrogen and oxygen atoms in total. The lowest BCUT2D eigenvalue weighted by molar-refractivity contribution is -0.124. The number of aliphatic hydroxyl groups excluding tert-OH is 1. The molecule has 2 heterocycles. The van der Waals surface area contributed by atoms with Gasteiger partial charge in [-0.2, -0.15) is 0 Å². The van der Waals surface area contributed by atoms with Gasteiger partial charge in [-0.05, 0) is 12.1 Å². The third-order valence-electron chi connectivity index (χ3n) is 3.80. The van der Waals surface area contributed by atoms with Gasteiger partial charge in [0.2, 0.25) is 0 Å². The first-order valence-electron chi connectivity index (χ1n) is 7.15. The lowest BCUT2D eigenvalue weighted by atomic mass is 10.1. The second-order valence-electron chi connectivity index (χ2n) is 5.28. The second kappa shape index (κ2) is 6.51. The summed E-state index contributed by atoms with van der Waals surface area (Å²) in [6.45, 7) is 0.434. The van der Waals surface area contributed by atoms with E-state index in [1.54, 1.807) is 25.3 Å². The lowest BCUT2D eigenvalue weighted by Crippen LogP contribution is -2.45. The van der Waals surface area contributed by atoms with Crippen LogP contribution in [0.15, 0.2) is 24.3 Å². The Bertz CT molecular complexity index is 537. The molecule has 120 valence electrons. The summed E-state index contributed by atoms with van der Waals surface area (Å²) in [6, 6.07) is 6.85. The maximum absolute atomic E-state index is 12.0. The molecule has 22 heavy (non-hydrogen) atoms. The molecular formula is C15H19NO6. The smallest absolute Gasteiger partial charge is 0.258 e. The Morgan fingerprint density at radius 3 is 2.77 bits per heavy atom. The summed E-state index contributed by atoms with van der Waals surface area (Å²) in [5.74, 6) is 0.806. The Labute approximate surface area is 128 Å². The number of carbonyl (C=O) groups is 1. The van der Waals surface area contributed by atoms with E-state index in [9.17, 15) is 9.90 Å². The number of fused-ring (bicyclic) bond motifs is 1. The minimum Gasteiger partial charge on any atom is -0.493 e. The molecule has 1 amide bonds. The van der Waals surface area contributed by atoms with Gasteiger partial charge in [0, 0.05) is 0 Å². The van der Waals surface area contributed by atoms with Crippen LogP contribution in [-0.2, 0) is 14.3 Å². The number of hydrogen-bond acceptors (Lipinski definition) is 6. The lowest BCUT2D eigenvalue weighted by Gasteiger charge is -2.17. The molecule has 2 aliphatic heterocycles. The van der Waals surface area contributed by atoms with Crippen LogP contribution < -0.4 is 14.8 Å². The van der Waals surface area contributed by atoms with Crippen LogP contribution in [0.25, 0.3) is 0 Å². The Kier molecular flexibility index (Phi) is 4.47. The number of rotatable bonds is 5. The van der Waals surface area contributed by atoms with Crippen molar-refractivity contribution in [2.45, 2.75) is 24.4 Å². The van der Waals surface area contributed by atoms with Crippen LogP contribution in [0.1, 0.15) is 0 Å². The van der Waals surface area contributed by atoms with Crippen molar-refractivity contribution in [3.63, 3.8) is 0 Å². The average molecular weight is 309 g/mol. The third-order valence-corrected chi connectivity index (χ3v) is 3.80. The van der Waals surface area contributed by atoms with E-state index in [2.05, 4.69) is 5.32 Å². The van der Waals surface area contributed by atoms with Gasteiger partial charge in [0.15, 0.2) is 18.1 Å². The van der Waals surface area contributed by atoms with Crippen LogP contribution in [0.5, 0.6) is 11.5 Å². The first-order chi connectivity index (χ1) is 10.7. The van der Waals surface area contributed by atoms with Crippen molar-refractivity contribution in [3.05, 3.63) is 24.3 Å². The maximum atomic E-state index is 12.0. The van der Waals surface area contributed by atoms with Gasteiger partial charge in [-0.25, -0.2) is 0 Å². The van der Waals surface area contributed by atoms with E-state index < -0.39 is 6.10 Å². The number of nitrogens with one attached hydrogen (secondary N) is 1. The normalized spacial score (nSPS) is 29.9. The SMILES string of the molecule is COc1ccccc1OCC(=O)N[C@@H]1CO[C@H]2[C@@H]1OC[C@H]2O. The molecule has 0 radical (unpaired) electrons. The number of para-hydroxylation sites is 2. The third kappa shape index (κ3) is 3.01. The van der Waals surface area contributed by atoms with Crippen molar-refractivity contribution in [2.24, 2.45) is 0 Å². The average Bonchev–Trinajstić information content (AvgIpc) is 3.09. The fourth-order valence-corrected chi connectivity index (χ4v) is 2.73. The molecular weight excluding hydrogens is 290 g/mol. The quantitative estimate of drug-likeness (QED) is 0.778. The van der Waals surface area contributed by atoms with Crippen LogP contribution in [-0.4, -0.2) is 62.3 Å². The summed E-state index contributed by atoms with van der Waals surface area (Å²) in [5.41, 5.74) is 0. The van der Waals surface area contributed by atoms with E-state index in [1.165, 1.54) is 0 Å². The van der Waals surface area contributed by atoms with Gasteiger partial charge in [0.05, 0.1) is 26.4 Å². The van der Waals surface area contributed by atoms with Gasteiger partial charge < -0.3 is 29.4 Å². The van der Waals surface area contributed by atoms with Crippen LogP contribution in [0.2, 0.25) is 0 Å². The molecule has 2 aliphatic rings. The van der Waals surface area contributed by atoms with Gasteiger partial charge >= 0.3 is 0 Å². The van der Waals surface area contributed by atoms with Crippen LogP contribution in [0.3, 0.4) is 0 Å². The van der Waals surface area contributed by atoms with E-state index in [-0.39, 0.29) is 37.4 Å². The molecule has 0 bridgehead atoms. The summed E-state index contributed by atoms with van der Waals surface area (Å²) < 4.78 is 21.5. The molecule has 1 aromatic rings. The fraction of sp³-hybridized carbons (Fsp3) is 0.533. The van der Waals surface area contributed by atoms with Crippen LogP contribution >= 0.6 is 0 Å². The van der Waals surface area contributed by atoms with E-state index in [1.807, 2.05) is 6.07 Å². The molecule has 2 saturated heterocycles. The van der Waals surface area contributed by atoms with Gasteiger partial charge in [0.1, 0.15) is 18.3 Å². The predicted molar refractivity (Wildman–Crippen MR) is 75.9 cm³/mol. The maximum Gasteiger partial charge on any atom is 0.258 e. The van der Waals surface area contributed by atoms with Crippen LogP contribution in [0, 0.1) is 0 Å². The van der Waals surface area contributed by atoms with Crippen molar-refractivity contribution >= 4 is 5.91 Å². The summed E-state index contributed by atoms with van der Waals surface area (Å²) >= 11 is 0. The first-order valence-corrected chi connectivity index (χ1v) is 7.15. The van der Waals surface area contributed by atoms with Crippen LogP contribution in [0.4, 0.5) is 0 Å². The minimum atomic E-state index is -0.628. The van der Waals surface area contributed by atoms with Crippen molar-refractivity contribution in [1.29, 1.82) is 0 Å². The zero-order valence-electron chi connectivity index (χ0n) is 12.2. The summed E-state index contributed by atoms with van der Waals surface area (Å²) in [4.78, 5) is 12.0. The number of benzene rings is 1. The zero-order chi connectivity index (χ0) is 15.5. The zero-order valence-corrected chi connectivity index (χ0v) is 12.2. The van der Waals surface area contributed by atoms with E-state index in [0.717, 1.165) is 0 Å². The standard InChI is InChI=1S/C15H19NO6/c1-19-11-4-2-3-5-12(11)20-8-13(18)16-9-6-21-15-10(17)7-22-14(9)15/h2-5,9-10,14-15,17H,6-8H2,1H3,(H,16,18)/t9-,10-,14-,15-/m1/s1. The second-order valence-corrected chi connectivity index (χ2v) is 5.28. The summed E-state index contributed by atoms with van der Waals surface area (Å²) in [7, 11) is 1.54. The summed E-state index contributed by atoms with van der Waals surface area (Å²) in [5, 5.41) is 12.5. The number of ether oxygens (including phenoxy) is 4. The Balaban J connectivity index is 1.51. The number of carbonyl (C=O) groups excluding carboxylic acids is 1. The van der Waals surface area contributed by atoms with Gasteiger partial charge in [-0.3, -0.25) is 4.79 Å². The molecule has 1 aromatic carbocycles. The van der Waals surface area contributed by atoms with E-state index >= 15 is 0 Å². The monoisotopic (exact) mass is 309 g/mol. The highest BCUT2D eigenvalue weighted by atomic mass is 16.6. The highest BCUT2D eigenvalue weighted by Gasteiger charge is 2.47. The molecule has 2 N–H and O–H groups in total. The largest absolute Gasteiger partial charge is 0.493 e. The molecule has 2 fully saturated rings.